The van der Waals surface area contributed by atoms with Crippen LogP contribution in [0.25, 0.3) is 0 Å². The van der Waals surface area contributed by atoms with Crippen LogP contribution in [0.2, 0.25) is 0 Å². The number of hydrogen-bond acceptors (Lipinski definition) is 4. The van der Waals surface area contributed by atoms with Gasteiger partial charge in [0, 0.05) is 25.0 Å². The Morgan fingerprint density at radius 1 is 1.59 bits per heavy atom. The molecular formula is C11H15NO4S. The number of carbonyl (C=O) groups excluding carboxylic acids is 1. The van der Waals surface area contributed by atoms with Crippen molar-refractivity contribution >= 4 is 23.2 Å². The zero-order valence-electron chi connectivity index (χ0n) is 9.51. The maximum Gasteiger partial charge on any atom is 0.326 e. The Morgan fingerprint density at radius 3 is 2.88 bits per heavy atom. The Morgan fingerprint density at radius 2 is 2.35 bits per heavy atom. The van der Waals surface area contributed by atoms with Gasteiger partial charge in [-0.1, -0.05) is 6.07 Å². The fourth-order valence-electron chi connectivity index (χ4n) is 1.31. The van der Waals surface area contributed by atoms with Gasteiger partial charge < -0.3 is 15.2 Å². The summed E-state index contributed by atoms with van der Waals surface area (Å²) in [6.07, 6.45) is 0.483. The van der Waals surface area contributed by atoms with E-state index in [1.54, 1.807) is 0 Å². The third kappa shape index (κ3) is 4.97. The number of amides is 1. The number of methoxy groups -OCH3 is 1. The van der Waals surface area contributed by atoms with Crippen LogP contribution in [0.3, 0.4) is 0 Å². The average molecular weight is 257 g/mol. The Bertz CT molecular complexity index is 364. The zero-order valence-corrected chi connectivity index (χ0v) is 10.3. The SMILES string of the molecule is COCCC(NC(=O)Cc1cccs1)C(=O)O. The molecule has 1 aromatic rings. The number of nitrogens with one attached hydrogen (secondary N) is 1. The molecule has 0 saturated carbocycles. The molecule has 1 amide bonds. The van der Waals surface area contributed by atoms with Crippen molar-refractivity contribution in [1.29, 1.82) is 0 Å². The van der Waals surface area contributed by atoms with Gasteiger partial charge in [-0.25, -0.2) is 4.79 Å². The first-order chi connectivity index (χ1) is 8.13. The highest BCUT2D eigenvalue weighted by Gasteiger charge is 2.19. The van der Waals surface area contributed by atoms with Gasteiger partial charge in [-0.3, -0.25) is 4.79 Å². The fourth-order valence-corrected chi connectivity index (χ4v) is 2.01. The average Bonchev–Trinajstić information content (AvgIpc) is 2.76. The van der Waals surface area contributed by atoms with Gasteiger partial charge in [0.25, 0.3) is 0 Å². The van der Waals surface area contributed by atoms with Gasteiger partial charge in [-0.2, -0.15) is 0 Å². The summed E-state index contributed by atoms with van der Waals surface area (Å²) >= 11 is 1.47. The summed E-state index contributed by atoms with van der Waals surface area (Å²) in [5.41, 5.74) is 0. The van der Waals surface area contributed by atoms with E-state index in [-0.39, 0.29) is 18.7 Å². The summed E-state index contributed by atoms with van der Waals surface area (Å²) in [6.45, 7) is 0.302. The minimum absolute atomic E-state index is 0.217. The quantitative estimate of drug-likeness (QED) is 0.761. The number of thiophene rings is 1. The van der Waals surface area contributed by atoms with Crippen LogP contribution >= 0.6 is 11.3 Å². The predicted molar refractivity (Wildman–Crippen MR) is 64.1 cm³/mol. The summed E-state index contributed by atoms with van der Waals surface area (Å²) in [4.78, 5) is 23.4. The van der Waals surface area contributed by atoms with Crippen molar-refractivity contribution in [3.8, 4) is 0 Å². The normalized spacial score (nSPS) is 12.1. The molecule has 1 heterocycles. The van der Waals surface area contributed by atoms with Crippen LogP contribution in [-0.2, 0) is 20.7 Å². The Kier molecular flexibility index (Phi) is 5.65. The van der Waals surface area contributed by atoms with E-state index in [0.29, 0.717) is 6.61 Å². The van der Waals surface area contributed by atoms with Crippen LogP contribution in [0.15, 0.2) is 17.5 Å². The highest BCUT2D eigenvalue weighted by atomic mass is 32.1. The van der Waals surface area contributed by atoms with Crippen molar-refractivity contribution in [3.05, 3.63) is 22.4 Å². The molecule has 0 spiro atoms. The zero-order chi connectivity index (χ0) is 12.7. The van der Waals surface area contributed by atoms with Crippen molar-refractivity contribution in [2.75, 3.05) is 13.7 Å². The van der Waals surface area contributed by atoms with E-state index in [9.17, 15) is 9.59 Å². The van der Waals surface area contributed by atoms with Gasteiger partial charge in [0.2, 0.25) is 5.91 Å². The fraction of sp³-hybridized carbons (Fsp3) is 0.455. The third-order valence-electron chi connectivity index (χ3n) is 2.16. The molecule has 2 N–H and O–H groups in total. The van der Waals surface area contributed by atoms with Crippen LogP contribution in [0, 0.1) is 0 Å². The van der Waals surface area contributed by atoms with Crippen LogP contribution in [0.5, 0.6) is 0 Å². The number of aliphatic carboxylic acids is 1. The molecule has 0 aromatic carbocycles. The lowest BCUT2D eigenvalue weighted by Crippen LogP contribution is -2.42. The van der Waals surface area contributed by atoms with Crippen molar-refractivity contribution in [1.82, 2.24) is 5.32 Å². The lowest BCUT2D eigenvalue weighted by atomic mass is 10.2. The molecule has 5 nitrogen and oxygen atoms in total. The maximum absolute atomic E-state index is 11.6. The summed E-state index contributed by atoms with van der Waals surface area (Å²) in [5, 5.41) is 13.3. The molecule has 0 bridgehead atoms. The molecule has 6 heteroatoms. The van der Waals surface area contributed by atoms with Gasteiger partial charge in [-0.15, -0.1) is 11.3 Å². The molecule has 0 aliphatic carbocycles. The third-order valence-corrected chi connectivity index (χ3v) is 3.04. The topological polar surface area (TPSA) is 75.6 Å². The van der Waals surface area contributed by atoms with Crippen molar-refractivity contribution in [2.45, 2.75) is 18.9 Å². The Labute approximate surface area is 103 Å². The molecule has 1 aromatic heterocycles. The summed E-state index contributed by atoms with van der Waals surface area (Å²) in [5.74, 6) is -1.32. The van der Waals surface area contributed by atoms with Crippen LogP contribution in [0.4, 0.5) is 0 Å². The molecule has 0 saturated heterocycles. The number of rotatable bonds is 7. The van der Waals surface area contributed by atoms with Gasteiger partial charge in [-0.05, 0) is 11.4 Å². The van der Waals surface area contributed by atoms with Crippen molar-refractivity contribution < 1.29 is 19.4 Å². The smallest absolute Gasteiger partial charge is 0.326 e. The lowest BCUT2D eigenvalue weighted by Gasteiger charge is -2.13. The molecule has 94 valence electrons. The van der Waals surface area contributed by atoms with Gasteiger partial charge in [0.15, 0.2) is 0 Å². The summed E-state index contributed by atoms with van der Waals surface area (Å²) in [6, 6.07) is 2.81. The maximum atomic E-state index is 11.6. The van der Waals surface area contributed by atoms with E-state index >= 15 is 0 Å². The van der Waals surface area contributed by atoms with E-state index in [4.69, 9.17) is 9.84 Å². The van der Waals surface area contributed by atoms with Crippen LogP contribution in [-0.4, -0.2) is 36.7 Å². The van der Waals surface area contributed by atoms with Gasteiger partial charge in [0.05, 0.1) is 6.42 Å². The number of carboxylic acids is 1. The highest BCUT2D eigenvalue weighted by Crippen LogP contribution is 2.09. The first kappa shape index (κ1) is 13.7. The number of hydrogen-bond donors (Lipinski definition) is 2. The standard InChI is InChI=1S/C11H15NO4S/c1-16-5-4-9(11(14)15)12-10(13)7-8-3-2-6-17-8/h2-3,6,9H,4-5,7H2,1H3,(H,12,13)(H,14,15). The first-order valence-electron chi connectivity index (χ1n) is 5.17. The van der Waals surface area contributed by atoms with Gasteiger partial charge in [0.1, 0.15) is 6.04 Å². The van der Waals surface area contributed by atoms with Crippen LogP contribution in [0.1, 0.15) is 11.3 Å². The highest BCUT2D eigenvalue weighted by molar-refractivity contribution is 7.10. The van der Waals surface area contributed by atoms with Crippen molar-refractivity contribution in [2.24, 2.45) is 0 Å². The molecule has 1 unspecified atom stereocenters. The minimum Gasteiger partial charge on any atom is -0.480 e. The summed E-state index contributed by atoms with van der Waals surface area (Å²) in [7, 11) is 1.49. The second kappa shape index (κ2) is 7.03. The predicted octanol–water partition coefficient (Wildman–Crippen LogP) is 0.896. The molecule has 0 fully saturated rings. The lowest BCUT2D eigenvalue weighted by molar-refractivity contribution is -0.142. The Balaban J connectivity index is 2.43. The van der Waals surface area contributed by atoms with Crippen molar-refractivity contribution in [3.63, 3.8) is 0 Å². The summed E-state index contributed by atoms with van der Waals surface area (Å²) < 4.78 is 4.80. The molecule has 1 rings (SSSR count). The molecule has 1 atom stereocenters. The largest absolute Gasteiger partial charge is 0.480 e. The first-order valence-corrected chi connectivity index (χ1v) is 6.05. The minimum atomic E-state index is -1.04. The monoisotopic (exact) mass is 257 g/mol. The molecule has 17 heavy (non-hydrogen) atoms. The number of ether oxygens (including phenoxy) is 1. The van der Waals surface area contributed by atoms with E-state index in [2.05, 4.69) is 5.32 Å². The number of carboxylic acid groups (broad SMARTS) is 1. The second-order valence-corrected chi connectivity index (χ2v) is 4.53. The molecule has 0 radical (unpaired) electrons. The Hall–Kier alpha value is -1.40. The molecule has 0 aliphatic rings. The molecule has 0 aliphatic heterocycles. The second-order valence-electron chi connectivity index (χ2n) is 3.50. The van der Waals surface area contributed by atoms with Gasteiger partial charge >= 0.3 is 5.97 Å². The van der Waals surface area contributed by atoms with E-state index in [0.717, 1.165) is 4.88 Å². The van der Waals surface area contributed by atoms with E-state index in [1.807, 2.05) is 17.5 Å². The van der Waals surface area contributed by atoms with Crippen LogP contribution < -0.4 is 5.32 Å². The van der Waals surface area contributed by atoms with E-state index in [1.165, 1.54) is 18.4 Å². The molecular weight excluding hydrogens is 242 g/mol. The number of carbonyl (C=O) groups is 2. The van der Waals surface area contributed by atoms with E-state index < -0.39 is 12.0 Å².